The van der Waals surface area contributed by atoms with E-state index in [2.05, 4.69) is 5.32 Å². The molecule has 2 aliphatic carbocycles. The number of amides is 1. The number of nitrogens with one attached hydrogen (secondary N) is 1. The molecule has 5 nitrogen and oxygen atoms in total. The summed E-state index contributed by atoms with van der Waals surface area (Å²) in [6.45, 7) is 1.69. The van der Waals surface area contributed by atoms with Crippen molar-refractivity contribution in [1.29, 1.82) is 0 Å². The molecule has 1 aromatic rings. The Kier molecular flexibility index (Phi) is 3.20. The van der Waals surface area contributed by atoms with Crippen LogP contribution >= 0.6 is 0 Å². The van der Waals surface area contributed by atoms with Crippen LogP contribution in [-0.2, 0) is 4.79 Å². The van der Waals surface area contributed by atoms with Crippen molar-refractivity contribution in [3.8, 4) is 0 Å². The van der Waals surface area contributed by atoms with Crippen molar-refractivity contribution in [2.24, 2.45) is 17.8 Å². The highest BCUT2D eigenvalue weighted by molar-refractivity contribution is 5.93. The van der Waals surface area contributed by atoms with E-state index in [1.54, 1.807) is 19.1 Å². The summed E-state index contributed by atoms with van der Waals surface area (Å²) in [5.41, 5.74) is 1.18. The van der Waals surface area contributed by atoms with Crippen LogP contribution in [0.15, 0.2) is 18.2 Å². The van der Waals surface area contributed by atoms with Gasteiger partial charge in [-0.05, 0) is 44.1 Å². The van der Waals surface area contributed by atoms with Crippen molar-refractivity contribution in [2.75, 3.05) is 5.32 Å². The van der Waals surface area contributed by atoms with Gasteiger partial charge in [-0.3, -0.25) is 14.9 Å². The number of carbonyl (C=O) groups excluding carboxylic acids is 1. The molecule has 0 aliphatic heterocycles. The summed E-state index contributed by atoms with van der Waals surface area (Å²) >= 11 is 0. The van der Waals surface area contributed by atoms with Crippen LogP contribution < -0.4 is 5.32 Å². The van der Waals surface area contributed by atoms with Gasteiger partial charge >= 0.3 is 0 Å². The summed E-state index contributed by atoms with van der Waals surface area (Å²) in [7, 11) is 0. The van der Waals surface area contributed by atoms with Crippen molar-refractivity contribution >= 4 is 17.3 Å². The number of rotatable bonds is 3. The monoisotopic (exact) mass is 274 g/mol. The van der Waals surface area contributed by atoms with Crippen LogP contribution in [0.25, 0.3) is 0 Å². The van der Waals surface area contributed by atoms with Crippen molar-refractivity contribution in [1.82, 2.24) is 0 Å². The predicted octanol–water partition coefficient (Wildman–Crippen LogP) is 3.28. The number of nitro groups is 1. The zero-order chi connectivity index (χ0) is 14.3. The Hall–Kier alpha value is -1.91. The SMILES string of the molecule is Cc1ccc(NC(=O)C2CC3CCC2C3)cc1[N+](=O)[O-]. The molecule has 3 atom stereocenters. The third-order valence-corrected chi connectivity index (χ3v) is 4.75. The van der Waals surface area contributed by atoms with Crippen LogP contribution in [0.4, 0.5) is 11.4 Å². The lowest BCUT2D eigenvalue weighted by molar-refractivity contribution is -0.385. The lowest BCUT2D eigenvalue weighted by Crippen LogP contribution is -2.27. The van der Waals surface area contributed by atoms with E-state index in [0.29, 0.717) is 23.1 Å². The van der Waals surface area contributed by atoms with E-state index < -0.39 is 4.92 Å². The lowest BCUT2D eigenvalue weighted by atomic mass is 9.88. The minimum Gasteiger partial charge on any atom is -0.326 e. The molecule has 3 unspecified atom stereocenters. The van der Waals surface area contributed by atoms with Gasteiger partial charge in [-0.1, -0.05) is 12.5 Å². The molecule has 2 saturated carbocycles. The Morgan fingerprint density at radius 1 is 1.35 bits per heavy atom. The Labute approximate surface area is 117 Å². The standard InChI is InChI=1S/C15H18N2O3/c1-9-2-5-12(8-14(9)17(19)20)16-15(18)13-7-10-3-4-11(13)6-10/h2,5,8,10-11,13H,3-4,6-7H2,1H3,(H,16,18). The van der Waals surface area contributed by atoms with Crippen molar-refractivity contribution < 1.29 is 9.72 Å². The van der Waals surface area contributed by atoms with Crippen LogP contribution in [0, 0.1) is 34.8 Å². The second-order valence-corrected chi connectivity index (χ2v) is 6.03. The number of carbonyl (C=O) groups is 1. The number of anilines is 1. The summed E-state index contributed by atoms with van der Waals surface area (Å²) in [5, 5.41) is 13.8. The molecule has 0 radical (unpaired) electrons. The van der Waals surface area contributed by atoms with E-state index in [1.165, 1.54) is 18.9 Å². The van der Waals surface area contributed by atoms with E-state index in [9.17, 15) is 14.9 Å². The maximum atomic E-state index is 12.3. The fourth-order valence-corrected chi connectivity index (χ4v) is 3.68. The van der Waals surface area contributed by atoms with E-state index >= 15 is 0 Å². The minimum atomic E-state index is -0.414. The van der Waals surface area contributed by atoms with Crippen LogP contribution in [0.1, 0.15) is 31.2 Å². The Morgan fingerprint density at radius 2 is 2.15 bits per heavy atom. The van der Waals surface area contributed by atoms with E-state index in [4.69, 9.17) is 0 Å². The first-order valence-electron chi connectivity index (χ1n) is 7.10. The number of nitrogens with zero attached hydrogens (tertiary/aromatic N) is 1. The molecule has 3 rings (SSSR count). The average molecular weight is 274 g/mol. The van der Waals surface area contributed by atoms with Gasteiger partial charge < -0.3 is 5.32 Å². The van der Waals surface area contributed by atoms with Gasteiger partial charge in [0.2, 0.25) is 5.91 Å². The largest absolute Gasteiger partial charge is 0.326 e. The second-order valence-electron chi connectivity index (χ2n) is 6.03. The molecule has 1 amide bonds. The van der Waals surface area contributed by atoms with Gasteiger partial charge in [-0.15, -0.1) is 0 Å². The molecule has 0 heterocycles. The molecule has 20 heavy (non-hydrogen) atoms. The van der Waals surface area contributed by atoms with E-state index in [0.717, 1.165) is 12.8 Å². The number of benzene rings is 1. The summed E-state index contributed by atoms with van der Waals surface area (Å²) in [6.07, 6.45) is 4.55. The van der Waals surface area contributed by atoms with Gasteiger partial charge in [0.15, 0.2) is 0 Å². The number of hydrogen-bond acceptors (Lipinski definition) is 3. The summed E-state index contributed by atoms with van der Waals surface area (Å²) in [6, 6.07) is 4.85. The molecule has 0 spiro atoms. The molecule has 2 aliphatic rings. The van der Waals surface area contributed by atoms with Crippen molar-refractivity contribution in [3.63, 3.8) is 0 Å². The zero-order valence-electron chi connectivity index (χ0n) is 11.5. The van der Waals surface area contributed by atoms with Gasteiger partial charge in [0.1, 0.15) is 0 Å². The molecule has 106 valence electrons. The number of hydrogen-bond donors (Lipinski definition) is 1. The van der Waals surface area contributed by atoms with Gasteiger partial charge in [-0.25, -0.2) is 0 Å². The molecular weight excluding hydrogens is 256 g/mol. The highest BCUT2D eigenvalue weighted by atomic mass is 16.6. The highest BCUT2D eigenvalue weighted by Crippen LogP contribution is 2.48. The fourth-order valence-electron chi connectivity index (χ4n) is 3.68. The molecule has 5 heteroatoms. The fraction of sp³-hybridized carbons (Fsp3) is 0.533. The molecule has 0 saturated heterocycles. The van der Waals surface area contributed by atoms with Crippen LogP contribution in [0.2, 0.25) is 0 Å². The zero-order valence-corrected chi connectivity index (χ0v) is 11.5. The van der Waals surface area contributed by atoms with Gasteiger partial charge in [0, 0.05) is 23.2 Å². The smallest absolute Gasteiger partial charge is 0.274 e. The maximum absolute atomic E-state index is 12.3. The van der Waals surface area contributed by atoms with E-state index in [1.807, 2.05) is 0 Å². The first-order chi connectivity index (χ1) is 9.54. The highest BCUT2D eigenvalue weighted by Gasteiger charge is 2.43. The quantitative estimate of drug-likeness (QED) is 0.679. The maximum Gasteiger partial charge on any atom is 0.274 e. The number of aryl methyl sites for hydroxylation is 1. The summed E-state index contributed by atoms with van der Waals surface area (Å²) < 4.78 is 0. The molecule has 1 N–H and O–H groups in total. The number of fused-ring (bicyclic) bond motifs is 2. The van der Waals surface area contributed by atoms with E-state index in [-0.39, 0.29) is 17.5 Å². The Morgan fingerprint density at radius 3 is 2.75 bits per heavy atom. The Bertz CT molecular complexity index is 570. The second kappa shape index (κ2) is 4.89. The first kappa shape index (κ1) is 13.1. The third-order valence-electron chi connectivity index (χ3n) is 4.75. The average Bonchev–Trinajstić information content (AvgIpc) is 3.03. The normalized spacial score (nSPS) is 27.6. The van der Waals surface area contributed by atoms with Crippen LogP contribution in [-0.4, -0.2) is 10.8 Å². The van der Waals surface area contributed by atoms with Crippen molar-refractivity contribution in [2.45, 2.75) is 32.6 Å². The van der Waals surface area contributed by atoms with Gasteiger partial charge in [0.25, 0.3) is 5.69 Å². The summed E-state index contributed by atoms with van der Waals surface area (Å²) in [4.78, 5) is 22.8. The third kappa shape index (κ3) is 2.28. The Balaban J connectivity index is 1.73. The molecule has 2 bridgehead atoms. The molecule has 1 aromatic carbocycles. The van der Waals surface area contributed by atoms with Crippen LogP contribution in [0.3, 0.4) is 0 Å². The number of nitro benzene ring substituents is 1. The molecule has 2 fully saturated rings. The predicted molar refractivity (Wildman–Crippen MR) is 75.4 cm³/mol. The van der Waals surface area contributed by atoms with Crippen LogP contribution in [0.5, 0.6) is 0 Å². The molecular formula is C15H18N2O3. The first-order valence-corrected chi connectivity index (χ1v) is 7.10. The minimum absolute atomic E-state index is 0.0235. The lowest BCUT2D eigenvalue weighted by Gasteiger charge is -2.20. The molecule has 0 aromatic heterocycles. The van der Waals surface area contributed by atoms with Gasteiger partial charge in [0.05, 0.1) is 4.92 Å². The van der Waals surface area contributed by atoms with Gasteiger partial charge in [-0.2, -0.15) is 0 Å². The van der Waals surface area contributed by atoms with Crippen molar-refractivity contribution in [3.05, 3.63) is 33.9 Å². The summed E-state index contributed by atoms with van der Waals surface area (Å²) in [5.74, 6) is 1.34. The topological polar surface area (TPSA) is 72.2 Å².